The summed E-state index contributed by atoms with van der Waals surface area (Å²) in [5.41, 5.74) is 0.875. The molecule has 0 radical (unpaired) electrons. The summed E-state index contributed by atoms with van der Waals surface area (Å²) in [4.78, 5) is 19.1. The van der Waals surface area contributed by atoms with Crippen LogP contribution < -0.4 is 5.32 Å². The van der Waals surface area contributed by atoms with Crippen molar-refractivity contribution < 1.29 is 9.32 Å². The van der Waals surface area contributed by atoms with Crippen LogP contribution in [-0.4, -0.2) is 46.6 Å². The van der Waals surface area contributed by atoms with E-state index in [9.17, 15) is 4.79 Å². The molecule has 3 heterocycles. The summed E-state index contributed by atoms with van der Waals surface area (Å²) in [5, 5.41) is 8.18. The van der Waals surface area contributed by atoms with E-state index in [1.165, 1.54) is 0 Å². The van der Waals surface area contributed by atoms with Crippen LogP contribution in [0.2, 0.25) is 5.02 Å². The maximum absolute atomic E-state index is 12.6. The predicted octanol–water partition coefficient (Wildman–Crippen LogP) is 3.24. The van der Waals surface area contributed by atoms with Crippen molar-refractivity contribution in [3.05, 3.63) is 35.2 Å². The van der Waals surface area contributed by atoms with Crippen LogP contribution in [0, 0.1) is 0 Å². The molecule has 1 N–H and O–H groups in total. The Bertz CT molecular complexity index is 755. The molecule has 2 saturated heterocycles. The lowest BCUT2D eigenvalue weighted by Crippen LogP contribution is -2.41. The Labute approximate surface area is 157 Å². The number of amides is 1. The maximum atomic E-state index is 12.6. The van der Waals surface area contributed by atoms with Crippen molar-refractivity contribution in [2.75, 3.05) is 19.6 Å². The summed E-state index contributed by atoms with van der Waals surface area (Å²) < 4.78 is 5.51. The molecule has 2 aliphatic rings. The molecule has 26 heavy (non-hydrogen) atoms. The molecular formula is C19H23ClN4O2. The van der Waals surface area contributed by atoms with E-state index in [0.717, 1.165) is 44.3 Å². The standard InChI is InChI=1S/C19H23ClN4O2/c20-15-7-5-13(6-8-15)18-22-19(26-23-18)14-3-2-10-24(12-14)17(25)11-16-4-1-9-21-16/h5-8,14,16,21H,1-4,9-12H2. The van der Waals surface area contributed by atoms with Gasteiger partial charge in [0.25, 0.3) is 0 Å². The van der Waals surface area contributed by atoms with Crippen LogP contribution >= 0.6 is 11.6 Å². The minimum absolute atomic E-state index is 0.109. The smallest absolute Gasteiger partial charge is 0.231 e. The van der Waals surface area contributed by atoms with Crippen LogP contribution in [0.4, 0.5) is 0 Å². The van der Waals surface area contributed by atoms with Gasteiger partial charge in [-0.15, -0.1) is 0 Å². The Kier molecular flexibility index (Phi) is 5.22. The molecule has 1 aromatic carbocycles. The van der Waals surface area contributed by atoms with Gasteiger partial charge in [0.05, 0.1) is 5.92 Å². The van der Waals surface area contributed by atoms with Crippen LogP contribution in [0.1, 0.15) is 43.9 Å². The molecule has 2 fully saturated rings. The molecule has 1 aromatic heterocycles. The van der Waals surface area contributed by atoms with Crippen LogP contribution in [0.3, 0.4) is 0 Å². The van der Waals surface area contributed by atoms with Crippen molar-refractivity contribution in [1.29, 1.82) is 0 Å². The fraction of sp³-hybridized carbons (Fsp3) is 0.526. The van der Waals surface area contributed by atoms with Crippen LogP contribution in [-0.2, 0) is 4.79 Å². The molecule has 2 aromatic rings. The Hall–Kier alpha value is -1.92. The Balaban J connectivity index is 1.41. The first-order valence-corrected chi connectivity index (χ1v) is 9.67. The first-order chi connectivity index (χ1) is 12.7. The number of halogens is 1. The van der Waals surface area contributed by atoms with E-state index in [2.05, 4.69) is 15.5 Å². The fourth-order valence-corrected chi connectivity index (χ4v) is 3.92. The van der Waals surface area contributed by atoms with E-state index in [-0.39, 0.29) is 11.8 Å². The first-order valence-electron chi connectivity index (χ1n) is 9.30. The SMILES string of the molecule is O=C(CC1CCCN1)N1CCCC(c2nc(-c3ccc(Cl)cc3)no2)C1. The van der Waals surface area contributed by atoms with E-state index < -0.39 is 0 Å². The van der Waals surface area contributed by atoms with Gasteiger partial charge in [0, 0.05) is 36.1 Å². The minimum Gasteiger partial charge on any atom is -0.342 e. The molecule has 6 nitrogen and oxygen atoms in total. The van der Waals surface area contributed by atoms with Gasteiger partial charge in [0.1, 0.15) is 0 Å². The molecule has 1 amide bonds. The number of carbonyl (C=O) groups excluding carboxylic acids is 1. The zero-order chi connectivity index (χ0) is 17.9. The molecule has 7 heteroatoms. The minimum atomic E-state index is 0.109. The van der Waals surface area contributed by atoms with Gasteiger partial charge < -0.3 is 14.7 Å². The monoisotopic (exact) mass is 374 g/mol. The Morgan fingerprint density at radius 1 is 1.27 bits per heavy atom. The van der Waals surface area contributed by atoms with E-state index in [4.69, 9.17) is 16.1 Å². The second-order valence-electron chi connectivity index (χ2n) is 7.14. The lowest BCUT2D eigenvalue weighted by molar-refractivity contribution is -0.133. The first kappa shape index (κ1) is 17.5. The molecular weight excluding hydrogens is 352 g/mol. The van der Waals surface area contributed by atoms with Gasteiger partial charge in [0.15, 0.2) is 0 Å². The van der Waals surface area contributed by atoms with Crippen molar-refractivity contribution in [3.8, 4) is 11.4 Å². The van der Waals surface area contributed by atoms with Gasteiger partial charge >= 0.3 is 0 Å². The number of carbonyl (C=O) groups is 1. The van der Waals surface area contributed by atoms with Crippen LogP contribution in [0.5, 0.6) is 0 Å². The third-order valence-electron chi connectivity index (χ3n) is 5.25. The molecule has 0 spiro atoms. The lowest BCUT2D eigenvalue weighted by Gasteiger charge is -2.31. The van der Waals surface area contributed by atoms with Crippen LogP contribution in [0.15, 0.2) is 28.8 Å². The van der Waals surface area contributed by atoms with Crippen LogP contribution in [0.25, 0.3) is 11.4 Å². The molecule has 2 atom stereocenters. The van der Waals surface area contributed by atoms with Crippen molar-refractivity contribution >= 4 is 17.5 Å². The second kappa shape index (κ2) is 7.76. The van der Waals surface area contributed by atoms with Crippen molar-refractivity contribution in [2.45, 2.75) is 44.1 Å². The molecule has 4 rings (SSSR count). The van der Waals surface area contributed by atoms with E-state index in [1.54, 1.807) is 0 Å². The normalized spacial score (nSPS) is 23.3. The van der Waals surface area contributed by atoms with Gasteiger partial charge in [-0.05, 0) is 56.5 Å². The van der Waals surface area contributed by atoms with Gasteiger partial charge in [-0.2, -0.15) is 4.98 Å². The summed E-state index contributed by atoms with van der Waals surface area (Å²) >= 11 is 5.93. The average Bonchev–Trinajstić information content (AvgIpc) is 3.34. The predicted molar refractivity (Wildman–Crippen MR) is 98.9 cm³/mol. The summed E-state index contributed by atoms with van der Waals surface area (Å²) in [6.45, 7) is 2.50. The number of nitrogens with one attached hydrogen (secondary N) is 1. The Morgan fingerprint density at radius 2 is 2.12 bits per heavy atom. The molecule has 0 saturated carbocycles. The number of piperidine rings is 1. The highest BCUT2D eigenvalue weighted by Crippen LogP contribution is 2.28. The number of aromatic nitrogens is 2. The largest absolute Gasteiger partial charge is 0.342 e. The highest BCUT2D eigenvalue weighted by molar-refractivity contribution is 6.30. The number of rotatable bonds is 4. The highest BCUT2D eigenvalue weighted by atomic mass is 35.5. The Morgan fingerprint density at radius 3 is 2.88 bits per heavy atom. The third kappa shape index (κ3) is 3.91. The van der Waals surface area contributed by atoms with E-state index >= 15 is 0 Å². The summed E-state index contributed by atoms with van der Waals surface area (Å²) in [6.07, 6.45) is 4.78. The number of likely N-dealkylation sites (tertiary alicyclic amines) is 1. The molecule has 2 aliphatic heterocycles. The number of benzene rings is 1. The number of nitrogens with zero attached hydrogens (tertiary/aromatic N) is 3. The van der Waals surface area contributed by atoms with Crippen molar-refractivity contribution in [3.63, 3.8) is 0 Å². The van der Waals surface area contributed by atoms with E-state index in [1.807, 2.05) is 29.2 Å². The lowest BCUT2D eigenvalue weighted by atomic mass is 9.97. The second-order valence-corrected chi connectivity index (χ2v) is 7.58. The van der Waals surface area contributed by atoms with Gasteiger partial charge in [-0.1, -0.05) is 16.8 Å². The van der Waals surface area contributed by atoms with Gasteiger partial charge in [-0.3, -0.25) is 4.79 Å². The zero-order valence-electron chi connectivity index (χ0n) is 14.7. The highest BCUT2D eigenvalue weighted by Gasteiger charge is 2.30. The zero-order valence-corrected chi connectivity index (χ0v) is 15.4. The molecule has 2 unspecified atom stereocenters. The summed E-state index contributed by atoms with van der Waals surface area (Å²) in [6, 6.07) is 7.71. The average molecular weight is 375 g/mol. The quantitative estimate of drug-likeness (QED) is 0.889. The summed E-state index contributed by atoms with van der Waals surface area (Å²) in [7, 11) is 0. The number of hydrogen-bond acceptors (Lipinski definition) is 5. The third-order valence-corrected chi connectivity index (χ3v) is 5.50. The van der Waals surface area contributed by atoms with Crippen molar-refractivity contribution in [2.24, 2.45) is 0 Å². The molecule has 0 aliphatic carbocycles. The van der Waals surface area contributed by atoms with Gasteiger partial charge in [0.2, 0.25) is 17.6 Å². The fourth-order valence-electron chi connectivity index (χ4n) is 3.79. The molecule has 0 bridgehead atoms. The van der Waals surface area contributed by atoms with E-state index in [0.29, 0.717) is 35.7 Å². The van der Waals surface area contributed by atoms with Crippen molar-refractivity contribution in [1.82, 2.24) is 20.4 Å². The topological polar surface area (TPSA) is 71.3 Å². The maximum Gasteiger partial charge on any atom is 0.231 e. The summed E-state index contributed by atoms with van der Waals surface area (Å²) in [5.74, 6) is 1.52. The molecule has 138 valence electrons. The van der Waals surface area contributed by atoms with Gasteiger partial charge in [-0.25, -0.2) is 0 Å². The number of hydrogen-bond donors (Lipinski definition) is 1.